The van der Waals surface area contributed by atoms with Crippen LogP contribution in [-0.2, 0) is 0 Å². The number of hydrogen-bond acceptors (Lipinski definition) is 1. The molecule has 0 saturated carbocycles. The summed E-state index contributed by atoms with van der Waals surface area (Å²) < 4.78 is 0. The van der Waals surface area contributed by atoms with Crippen molar-refractivity contribution < 1.29 is 0 Å². The van der Waals surface area contributed by atoms with Crippen LogP contribution in [0, 0.1) is 0 Å². The van der Waals surface area contributed by atoms with E-state index >= 15 is 0 Å². The van der Waals surface area contributed by atoms with Gasteiger partial charge in [-0.05, 0) is 25.0 Å². The van der Waals surface area contributed by atoms with Gasteiger partial charge < -0.3 is 0 Å². The van der Waals surface area contributed by atoms with Gasteiger partial charge in [-0.3, -0.25) is 0 Å². The smallest absolute Gasteiger partial charge is 0.00942 e. The van der Waals surface area contributed by atoms with E-state index in [4.69, 9.17) is 0 Å². The van der Waals surface area contributed by atoms with Crippen molar-refractivity contribution in [1.29, 1.82) is 0 Å². The second-order valence-electron chi connectivity index (χ2n) is 3.63. The minimum atomic E-state index is 0.812. The molecule has 0 heterocycles. The highest BCUT2D eigenvalue weighted by molar-refractivity contribution is 8.00. The molecule has 78 valence electrons. The van der Waals surface area contributed by atoms with E-state index in [0.717, 1.165) is 5.25 Å². The number of hydrogen-bond donors (Lipinski definition) is 0. The van der Waals surface area contributed by atoms with Crippen LogP contribution in [0.3, 0.4) is 0 Å². The van der Waals surface area contributed by atoms with Crippen molar-refractivity contribution in [3.63, 3.8) is 0 Å². The van der Waals surface area contributed by atoms with Crippen LogP contribution in [0.5, 0.6) is 0 Å². The van der Waals surface area contributed by atoms with Gasteiger partial charge in [0.1, 0.15) is 0 Å². The van der Waals surface area contributed by atoms with E-state index in [1.54, 1.807) is 0 Å². The van der Waals surface area contributed by atoms with Crippen molar-refractivity contribution in [3.05, 3.63) is 30.3 Å². The fraction of sp³-hybridized carbons (Fsp3) is 0.538. The molecule has 0 spiro atoms. The van der Waals surface area contributed by atoms with E-state index in [2.05, 4.69) is 44.2 Å². The zero-order chi connectivity index (χ0) is 10.2. The molecular formula is C13H20S. The van der Waals surface area contributed by atoms with Crippen LogP contribution in [0.2, 0.25) is 0 Å². The quantitative estimate of drug-likeness (QED) is 0.608. The monoisotopic (exact) mass is 208 g/mol. The van der Waals surface area contributed by atoms with Crippen LogP contribution in [0.4, 0.5) is 0 Å². The maximum Gasteiger partial charge on any atom is 0.00942 e. The molecule has 1 heteroatoms. The maximum atomic E-state index is 2.27. The van der Waals surface area contributed by atoms with Gasteiger partial charge in [-0.15, -0.1) is 11.8 Å². The lowest BCUT2D eigenvalue weighted by atomic mass is 10.2. The third-order valence-electron chi connectivity index (χ3n) is 2.27. The van der Waals surface area contributed by atoms with Crippen molar-refractivity contribution >= 4 is 11.8 Å². The second kappa shape index (κ2) is 6.94. The Hall–Kier alpha value is -0.430. The summed E-state index contributed by atoms with van der Waals surface area (Å²) >= 11 is 2.04. The molecule has 0 amide bonds. The molecule has 14 heavy (non-hydrogen) atoms. The maximum absolute atomic E-state index is 2.27. The van der Waals surface area contributed by atoms with E-state index < -0.39 is 0 Å². The van der Waals surface area contributed by atoms with Crippen molar-refractivity contribution in [2.75, 3.05) is 0 Å². The molecule has 0 saturated heterocycles. The molecular weight excluding hydrogens is 188 g/mol. The Morgan fingerprint density at radius 2 is 1.57 bits per heavy atom. The Morgan fingerprint density at radius 1 is 1.00 bits per heavy atom. The highest BCUT2D eigenvalue weighted by Crippen LogP contribution is 2.28. The van der Waals surface area contributed by atoms with Gasteiger partial charge in [-0.1, -0.05) is 44.9 Å². The van der Waals surface area contributed by atoms with Crippen molar-refractivity contribution in [2.45, 2.75) is 49.7 Å². The Balaban J connectivity index is 2.46. The molecule has 0 aliphatic carbocycles. The van der Waals surface area contributed by atoms with E-state index in [9.17, 15) is 0 Å². The average molecular weight is 208 g/mol. The number of rotatable bonds is 6. The summed E-state index contributed by atoms with van der Waals surface area (Å²) in [6.07, 6.45) is 5.27. The first-order chi connectivity index (χ1) is 6.86. The van der Waals surface area contributed by atoms with E-state index in [1.807, 2.05) is 11.8 Å². The molecule has 0 aromatic heterocycles. The zero-order valence-corrected chi connectivity index (χ0v) is 10.0. The van der Waals surface area contributed by atoms with Crippen molar-refractivity contribution in [2.24, 2.45) is 0 Å². The Bertz CT molecular complexity index is 224. The molecule has 0 bridgehead atoms. The molecule has 0 N–H and O–H groups in total. The summed E-state index contributed by atoms with van der Waals surface area (Å²) in [4.78, 5) is 1.42. The van der Waals surface area contributed by atoms with Crippen LogP contribution >= 0.6 is 11.8 Å². The van der Waals surface area contributed by atoms with Gasteiger partial charge in [-0.25, -0.2) is 0 Å². The van der Waals surface area contributed by atoms with Gasteiger partial charge in [0.05, 0.1) is 0 Å². The van der Waals surface area contributed by atoms with E-state index in [-0.39, 0.29) is 0 Å². The normalized spacial score (nSPS) is 10.8. The summed E-state index contributed by atoms with van der Waals surface area (Å²) in [7, 11) is 0. The van der Waals surface area contributed by atoms with Gasteiger partial charge in [0.15, 0.2) is 0 Å². The molecule has 1 rings (SSSR count). The van der Waals surface area contributed by atoms with Crippen molar-refractivity contribution in [1.82, 2.24) is 0 Å². The molecule has 1 aromatic rings. The summed E-state index contributed by atoms with van der Waals surface area (Å²) in [5.74, 6) is 0. The van der Waals surface area contributed by atoms with Crippen LogP contribution in [0.25, 0.3) is 0 Å². The molecule has 0 aliphatic rings. The third kappa shape index (κ3) is 4.19. The third-order valence-corrected chi connectivity index (χ3v) is 3.62. The Labute approximate surface area is 92.1 Å². The van der Waals surface area contributed by atoms with Crippen LogP contribution < -0.4 is 0 Å². The molecule has 0 fully saturated rings. The minimum Gasteiger partial charge on any atom is -0.123 e. The fourth-order valence-corrected chi connectivity index (χ4v) is 3.00. The predicted octanol–water partition coefficient (Wildman–Crippen LogP) is 4.75. The lowest BCUT2D eigenvalue weighted by Gasteiger charge is -2.14. The van der Waals surface area contributed by atoms with Gasteiger partial charge in [0, 0.05) is 10.1 Å². The minimum absolute atomic E-state index is 0.812. The summed E-state index contributed by atoms with van der Waals surface area (Å²) in [6, 6.07) is 10.7. The van der Waals surface area contributed by atoms with Gasteiger partial charge in [-0.2, -0.15) is 0 Å². The topological polar surface area (TPSA) is 0 Å². The summed E-state index contributed by atoms with van der Waals surface area (Å²) in [6.45, 7) is 4.54. The van der Waals surface area contributed by atoms with Crippen LogP contribution in [0.15, 0.2) is 35.2 Å². The average Bonchev–Trinajstić information content (AvgIpc) is 2.20. The van der Waals surface area contributed by atoms with Crippen LogP contribution in [-0.4, -0.2) is 5.25 Å². The Morgan fingerprint density at radius 3 is 2.07 bits per heavy atom. The summed E-state index contributed by atoms with van der Waals surface area (Å²) in [5, 5.41) is 0.812. The molecule has 0 unspecified atom stereocenters. The van der Waals surface area contributed by atoms with E-state index in [0.29, 0.717) is 0 Å². The molecule has 0 nitrogen and oxygen atoms in total. The molecule has 0 atom stereocenters. The SMILES string of the molecule is CCCC(CCC)Sc1ccccc1. The molecule has 0 radical (unpaired) electrons. The van der Waals surface area contributed by atoms with Gasteiger partial charge in [0.25, 0.3) is 0 Å². The van der Waals surface area contributed by atoms with E-state index in [1.165, 1.54) is 30.6 Å². The Kier molecular flexibility index (Phi) is 5.77. The lowest BCUT2D eigenvalue weighted by molar-refractivity contribution is 0.673. The lowest BCUT2D eigenvalue weighted by Crippen LogP contribution is -2.00. The predicted molar refractivity (Wildman–Crippen MR) is 65.9 cm³/mol. The number of thioether (sulfide) groups is 1. The molecule has 0 aliphatic heterocycles. The molecule has 1 aromatic carbocycles. The first kappa shape index (κ1) is 11.6. The highest BCUT2D eigenvalue weighted by Gasteiger charge is 2.07. The number of benzene rings is 1. The summed E-state index contributed by atoms with van der Waals surface area (Å²) in [5.41, 5.74) is 0. The van der Waals surface area contributed by atoms with Gasteiger partial charge >= 0.3 is 0 Å². The largest absolute Gasteiger partial charge is 0.123 e. The first-order valence-corrected chi connectivity index (χ1v) is 6.46. The van der Waals surface area contributed by atoms with Crippen LogP contribution in [0.1, 0.15) is 39.5 Å². The van der Waals surface area contributed by atoms with Crippen molar-refractivity contribution in [3.8, 4) is 0 Å². The highest BCUT2D eigenvalue weighted by atomic mass is 32.2. The fourth-order valence-electron chi connectivity index (χ4n) is 1.60. The second-order valence-corrected chi connectivity index (χ2v) is 5.00. The van der Waals surface area contributed by atoms with Gasteiger partial charge in [0.2, 0.25) is 0 Å². The first-order valence-electron chi connectivity index (χ1n) is 5.58. The standard InChI is InChI=1S/C13H20S/c1-3-8-12(9-4-2)14-13-10-6-5-7-11-13/h5-7,10-12H,3-4,8-9H2,1-2H3. The zero-order valence-electron chi connectivity index (χ0n) is 9.20.